The van der Waals surface area contributed by atoms with Crippen LogP contribution in [0.1, 0.15) is 35.6 Å². The van der Waals surface area contributed by atoms with Crippen LogP contribution in [0.4, 0.5) is 4.39 Å². The third-order valence-electron chi connectivity index (χ3n) is 7.74. The molecule has 0 saturated heterocycles. The van der Waals surface area contributed by atoms with Crippen molar-refractivity contribution in [2.24, 2.45) is 11.8 Å². The van der Waals surface area contributed by atoms with Gasteiger partial charge in [0.05, 0.1) is 11.6 Å². The molecule has 1 aromatic rings. The minimum Gasteiger partial charge on any atom is -0.508 e. The molecule has 0 radical (unpaired) electrons. The largest absolute Gasteiger partial charge is 0.508 e. The summed E-state index contributed by atoms with van der Waals surface area (Å²) in [6, 6.07) is -1.10. The van der Waals surface area contributed by atoms with Gasteiger partial charge in [0.2, 0.25) is 5.78 Å². The van der Waals surface area contributed by atoms with Gasteiger partial charge in [-0.25, -0.2) is 4.39 Å². The summed E-state index contributed by atoms with van der Waals surface area (Å²) in [4.78, 5) is 40.5. The number of aliphatic hydroxyl groups excluding tert-OH is 2. The summed E-state index contributed by atoms with van der Waals surface area (Å²) >= 11 is 0. The Morgan fingerprint density at radius 3 is 2.38 bits per heavy atom. The quantitative estimate of drug-likeness (QED) is 0.395. The van der Waals surface area contributed by atoms with Crippen molar-refractivity contribution in [3.05, 3.63) is 45.0 Å². The SMILES string of the molecule is CC(=O)C1=C(O)[C@@]2(O)C(=O)C3=C(O)c4c(O)c5c(c(F)c4C[C@H]3C[C@H]2[C@H](N(C)C)C1=O)CNC5. The first kappa shape index (κ1) is 22.7. The van der Waals surface area contributed by atoms with Gasteiger partial charge in [0.25, 0.3) is 0 Å². The third kappa shape index (κ3) is 2.61. The van der Waals surface area contributed by atoms with Gasteiger partial charge < -0.3 is 25.7 Å². The van der Waals surface area contributed by atoms with Gasteiger partial charge in [0.15, 0.2) is 17.2 Å². The Balaban J connectivity index is 1.76. The van der Waals surface area contributed by atoms with Gasteiger partial charge in [0.1, 0.15) is 28.7 Å². The van der Waals surface area contributed by atoms with E-state index in [1.165, 1.54) is 4.90 Å². The van der Waals surface area contributed by atoms with Crippen molar-refractivity contribution in [1.82, 2.24) is 10.2 Å². The maximum Gasteiger partial charge on any atom is 0.202 e. The van der Waals surface area contributed by atoms with Crippen LogP contribution in [0.2, 0.25) is 0 Å². The number of fused-ring (bicyclic) bond motifs is 4. The zero-order valence-electron chi connectivity index (χ0n) is 18.9. The number of phenolic OH excluding ortho intramolecular Hbond substituents is 1. The van der Waals surface area contributed by atoms with E-state index >= 15 is 4.39 Å². The second-order valence-electron chi connectivity index (χ2n) is 9.73. The normalized spacial score (nSPS) is 30.4. The van der Waals surface area contributed by atoms with Gasteiger partial charge >= 0.3 is 0 Å². The Morgan fingerprint density at radius 1 is 1.12 bits per heavy atom. The average Bonchev–Trinajstić information content (AvgIpc) is 3.24. The molecular weight excluding hydrogens is 447 g/mol. The monoisotopic (exact) mass is 472 g/mol. The van der Waals surface area contributed by atoms with E-state index in [2.05, 4.69) is 5.32 Å². The van der Waals surface area contributed by atoms with E-state index in [0.29, 0.717) is 11.1 Å². The Bertz CT molecular complexity index is 1260. The molecule has 5 N–H and O–H groups in total. The van der Waals surface area contributed by atoms with E-state index < -0.39 is 63.7 Å². The number of carbonyl (C=O) groups is 3. The predicted octanol–water partition coefficient (Wildman–Crippen LogP) is 0.810. The maximum atomic E-state index is 15.4. The average molecular weight is 472 g/mol. The molecule has 0 amide bonds. The van der Waals surface area contributed by atoms with Crippen LogP contribution in [-0.4, -0.2) is 68.4 Å². The lowest BCUT2D eigenvalue weighted by molar-refractivity contribution is -0.153. The number of carbonyl (C=O) groups excluding carboxylic acids is 3. The number of aliphatic hydroxyl groups is 3. The van der Waals surface area contributed by atoms with Crippen molar-refractivity contribution in [2.75, 3.05) is 14.1 Å². The molecule has 9 nitrogen and oxygen atoms in total. The fourth-order valence-electron chi connectivity index (χ4n) is 6.23. The molecule has 1 heterocycles. The number of nitrogens with one attached hydrogen (secondary N) is 1. The minimum atomic E-state index is -2.63. The number of halogens is 1. The number of rotatable bonds is 2. The molecule has 34 heavy (non-hydrogen) atoms. The number of likely N-dealkylation sites (N-methyl/N-ethyl adjacent to an activating group) is 1. The van der Waals surface area contributed by atoms with E-state index in [9.17, 15) is 34.8 Å². The second kappa shape index (κ2) is 7.21. The molecule has 1 aromatic carbocycles. The molecular formula is C24H25FN2O7. The number of Topliss-reactive ketones (excluding diaryl/α,β-unsaturated/α-hetero) is 3. The molecule has 5 rings (SSSR count). The van der Waals surface area contributed by atoms with Crippen LogP contribution < -0.4 is 5.32 Å². The first-order valence-corrected chi connectivity index (χ1v) is 11.0. The standard InChI is InChI=1S/C24H25FN2O7/c1-8(28)14-21(31)18(27(2)3)13-5-9-4-10-16(19(29)12-7-26-6-11(12)17(10)25)20(30)15(9)23(33)24(13,34)22(14)32/h9,13,18,26,29-30,32,34H,4-7H2,1-3H3/t9-,13-,18-,24+/m0/s1. The molecule has 180 valence electrons. The topological polar surface area (TPSA) is 147 Å². The van der Waals surface area contributed by atoms with Crippen molar-refractivity contribution in [3.63, 3.8) is 0 Å². The summed E-state index contributed by atoms with van der Waals surface area (Å²) in [5.41, 5.74) is -3.08. The summed E-state index contributed by atoms with van der Waals surface area (Å²) < 4.78 is 15.4. The smallest absolute Gasteiger partial charge is 0.202 e. The number of hydrogen-bond donors (Lipinski definition) is 5. The lowest BCUT2D eigenvalue weighted by atomic mass is 9.57. The molecule has 0 spiro atoms. The fourth-order valence-corrected chi connectivity index (χ4v) is 6.23. The van der Waals surface area contributed by atoms with Gasteiger partial charge in [-0.3, -0.25) is 19.3 Å². The van der Waals surface area contributed by atoms with Crippen LogP contribution in [0, 0.1) is 17.7 Å². The number of phenols is 1. The van der Waals surface area contributed by atoms with E-state index in [0.717, 1.165) is 6.92 Å². The number of ketones is 3. The lowest BCUT2D eigenvalue weighted by Gasteiger charge is -2.50. The Hall–Kier alpha value is -3.08. The molecule has 0 unspecified atom stereocenters. The van der Waals surface area contributed by atoms with E-state index in [4.69, 9.17) is 0 Å². The Labute approximate surface area is 194 Å². The van der Waals surface area contributed by atoms with Crippen molar-refractivity contribution < 1.29 is 39.2 Å². The number of aromatic hydroxyl groups is 1. The van der Waals surface area contributed by atoms with Gasteiger partial charge in [-0.15, -0.1) is 0 Å². The van der Waals surface area contributed by atoms with Crippen LogP contribution in [0.15, 0.2) is 16.9 Å². The van der Waals surface area contributed by atoms with Crippen molar-refractivity contribution in [2.45, 2.75) is 44.5 Å². The van der Waals surface area contributed by atoms with Crippen LogP contribution in [0.3, 0.4) is 0 Å². The van der Waals surface area contributed by atoms with Crippen LogP contribution in [0.25, 0.3) is 5.76 Å². The summed E-state index contributed by atoms with van der Waals surface area (Å²) in [6.07, 6.45) is -0.0848. The second-order valence-corrected chi connectivity index (χ2v) is 9.73. The highest BCUT2D eigenvalue weighted by Crippen LogP contribution is 2.53. The van der Waals surface area contributed by atoms with Crippen LogP contribution >= 0.6 is 0 Å². The first-order chi connectivity index (χ1) is 15.9. The van der Waals surface area contributed by atoms with Crippen molar-refractivity contribution in [1.29, 1.82) is 0 Å². The molecule has 0 bridgehead atoms. The van der Waals surface area contributed by atoms with Crippen LogP contribution in [-0.2, 0) is 33.9 Å². The number of nitrogens with zero attached hydrogens (tertiary/aromatic N) is 1. The molecule has 10 heteroatoms. The van der Waals surface area contributed by atoms with Crippen molar-refractivity contribution in [3.8, 4) is 5.75 Å². The zero-order chi connectivity index (χ0) is 24.9. The third-order valence-corrected chi connectivity index (χ3v) is 7.74. The number of hydrogen-bond acceptors (Lipinski definition) is 9. The lowest BCUT2D eigenvalue weighted by Crippen LogP contribution is -2.65. The summed E-state index contributed by atoms with van der Waals surface area (Å²) in [5.74, 6) is -7.08. The van der Waals surface area contributed by atoms with Gasteiger partial charge in [0, 0.05) is 41.3 Å². The fraction of sp³-hybridized carbons (Fsp3) is 0.458. The minimum absolute atomic E-state index is 0.0412. The highest BCUT2D eigenvalue weighted by atomic mass is 19.1. The predicted molar refractivity (Wildman–Crippen MR) is 116 cm³/mol. The molecule has 4 atom stereocenters. The highest BCUT2D eigenvalue weighted by molar-refractivity contribution is 6.25. The molecule has 1 aliphatic heterocycles. The zero-order valence-corrected chi connectivity index (χ0v) is 18.9. The molecule has 3 aliphatic carbocycles. The van der Waals surface area contributed by atoms with Gasteiger partial charge in [-0.1, -0.05) is 0 Å². The Morgan fingerprint density at radius 2 is 1.76 bits per heavy atom. The van der Waals surface area contributed by atoms with E-state index in [1.54, 1.807) is 14.1 Å². The van der Waals surface area contributed by atoms with E-state index in [-0.39, 0.29) is 48.4 Å². The van der Waals surface area contributed by atoms with Crippen LogP contribution in [0.5, 0.6) is 5.75 Å². The van der Waals surface area contributed by atoms with E-state index in [1.807, 2.05) is 0 Å². The summed E-state index contributed by atoms with van der Waals surface area (Å²) in [6.45, 7) is 1.46. The molecule has 1 saturated carbocycles. The first-order valence-electron chi connectivity index (χ1n) is 11.0. The highest BCUT2D eigenvalue weighted by Gasteiger charge is 2.64. The Kier molecular flexibility index (Phi) is 4.81. The van der Waals surface area contributed by atoms with Crippen molar-refractivity contribution >= 4 is 23.1 Å². The van der Waals surface area contributed by atoms with Gasteiger partial charge in [-0.05, 0) is 39.8 Å². The summed E-state index contributed by atoms with van der Waals surface area (Å²) in [5, 5.41) is 47.3. The molecule has 1 fully saturated rings. The maximum absolute atomic E-state index is 15.4. The molecule has 0 aromatic heterocycles. The van der Waals surface area contributed by atoms with Gasteiger partial charge in [-0.2, -0.15) is 0 Å². The summed E-state index contributed by atoms with van der Waals surface area (Å²) in [7, 11) is 3.11. The molecule has 4 aliphatic rings. The number of benzene rings is 1.